The molecule has 0 saturated heterocycles. The van der Waals surface area contributed by atoms with Gasteiger partial charge in [-0.05, 0) is 49.6 Å². The maximum Gasteiger partial charge on any atom is 0.230 e. The maximum absolute atomic E-state index is 12.2. The average molecular weight is 382 g/mol. The van der Waals surface area contributed by atoms with Crippen LogP contribution in [0.3, 0.4) is 0 Å². The Labute approximate surface area is 157 Å². The number of carbonyl (C=O) groups is 1. The number of halogens is 2. The van der Waals surface area contributed by atoms with Gasteiger partial charge in [0, 0.05) is 15.8 Å². The minimum Gasteiger partial charge on any atom is -0.349 e. The molecule has 2 nitrogen and oxygen atoms in total. The highest BCUT2D eigenvalue weighted by Gasteiger charge is 2.13. The zero-order valence-corrected chi connectivity index (χ0v) is 16.4. The molecule has 2 rings (SSSR count). The molecule has 2 aromatic rings. The van der Waals surface area contributed by atoms with Crippen molar-refractivity contribution >= 4 is 40.9 Å². The van der Waals surface area contributed by atoms with Gasteiger partial charge in [-0.25, -0.2) is 0 Å². The third-order valence-electron chi connectivity index (χ3n) is 3.82. The summed E-state index contributed by atoms with van der Waals surface area (Å²) in [4.78, 5) is 12.2. The molecule has 0 radical (unpaired) electrons. The molecule has 0 bridgehead atoms. The van der Waals surface area contributed by atoms with E-state index >= 15 is 0 Å². The van der Waals surface area contributed by atoms with Crippen molar-refractivity contribution in [2.75, 3.05) is 5.75 Å². The second-order valence-electron chi connectivity index (χ2n) is 5.84. The number of thioether (sulfide) groups is 1. The second kappa shape index (κ2) is 8.80. The van der Waals surface area contributed by atoms with E-state index in [1.165, 1.54) is 22.9 Å². The van der Waals surface area contributed by atoms with Crippen LogP contribution < -0.4 is 5.32 Å². The lowest BCUT2D eigenvalue weighted by atomic mass is 10.00. The van der Waals surface area contributed by atoms with Crippen LogP contribution in [0.2, 0.25) is 10.0 Å². The van der Waals surface area contributed by atoms with Gasteiger partial charge < -0.3 is 5.32 Å². The summed E-state index contributed by atoms with van der Waals surface area (Å²) in [7, 11) is 0. The lowest BCUT2D eigenvalue weighted by molar-refractivity contribution is -0.119. The molecule has 24 heavy (non-hydrogen) atoms. The van der Waals surface area contributed by atoms with E-state index in [0.717, 1.165) is 11.1 Å². The quantitative estimate of drug-likeness (QED) is 0.692. The Hall–Kier alpha value is -1.16. The van der Waals surface area contributed by atoms with Crippen molar-refractivity contribution in [1.82, 2.24) is 5.32 Å². The summed E-state index contributed by atoms with van der Waals surface area (Å²) in [6.07, 6.45) is 0. The van der Waals surface area contributed by atoms with Gasteiger partial charge in [-0.1, -0.05) is 53.0 Å². The zero-order valence-electron chi connectivity index (χ0n) is 14.0. The molecule has 128 valence electrons. The van der Waals surface area contributed by atoms with Crippen LogP contribution in [0, 0.1) is 13.8 Å². The van der Waals surface area contributed by atoms with Gasteiger partial charge in [-0.15, -0.1) is 11.8 Å². The zero-order chi connectivity index (χ0) is 17.7. The summed E-state index contributed by atoms with van der Waals surface area (Å²) < 4.78 is 0. The van der Waals surface area contributed by atoms with Gasteiger partial charge >= 0.3 is 0 Å². The highest BCUT2D eigenvalue weighted by molar-refractivity contribution is 7.99. The van der Waals surface area contributed by atoms with Crippen molar-refractivity contribution in [3.05, 3.63) is 68.7 Å². The number of nitrogens with one attached hydrogen (secondary N) is 1. The SMILES string of the molecule is Cc1ccc(C)c(C(C)NC(=O)CSCc2c(Cl)cccc2Cl)c1. The van der Waals surface area contributed by atoms with Gasteiger partial charge in [0.05, 0.1) is 11.8 Å². The summed E-state index contributed by atoms with van der Waals surface area (Å²) in [5, 5.41) is 4.33. The summed E-state index contributed by atoms with van der Waals surface area (Å²) >= 11 is 13.8. The molecular formula is C19H21Cl2NOS. The Balaban J connectivity index is 1.88. The summed E-state index contributed by atoms with van der Waals surface area (Å²) in [6.45, 7) is 6.13. The minimum atomic E-state index is -0.0121. The number of rotatable bonds is 6. The Morgan fingerprint density at radius 1 is 1.17 bits per heavy atom. The summed E-state index contributed by atoms with van der Waals surface area (Å²) in [5.74, 6) is 0.997. The van der Waals surface area contributed by atoms with Crippen molar-refractivity contribution in [2.24, 2.45) is 0 Å². The van der Waals surface area contributed by atoms with Crippen LogP contribution in [0.4, 0.5) is 0 Å². The molecule has 0 aliphatic heterocycles. The first-order valence-electron chi connectivity index (χ1n) is 7.75. The van der Waals surface area contributed by atoms with E-state index in [0.29, 0.717) is 21.6 Å². The molecule has 1 N–H and O–H groups in total. The van der Waals surface area contributed by atoms with Crippen molar-refractivity contribution in [3.63, 3.8) is 0 Å². The molecule has 1 amide bonds. The lowest BCUT2D eigenvalue weighted by Gasteiger charge is -2.17. The van der Waals surface area contributed by atoms with Crippen molar-refractivity contribution < 1.29 is 4.79 Å². The number of benzene rings is 2. The van der Waals surface area contributed by atoms with E-state index in [4.69, 9.17) is 23.2 Å². The predicted molar refractivity (Wildman–Crippen MR) is 105 cm³/mol. The number of carbonyl (C=O) groups excluding carboxylic acids is 1. The van der Waals surface area contributed by atoms with E-state index in [9.17, 15) is 4.79 Å². The third-order valence-corrected chi connectivity index (χ3v) is 5.49. The van der Waals surface area contributed by atoms with E-state index in [-0.39, 0.29) is 11.9 Å². The highest BCUT2D eigenvalue weighted by Crippen LogP contribution is 2.28. The van der Waals surface area contributed by atoms with Crippen LogP contribution in [0.25, 0.3) is 0 Å². The Kier molecular flexibility index (Phi) is 7.02. The van der Waals surface area contributed by atoms with Gasteiger partial charge in [0.1, 0.15) is 0 Å². The van der Waals surface area contributed by atoms with Crippen molar-refractivity contribution in [3.8, 4) is 0 Å². The van der Waals surface area contributed by atoms with Crippen molar-refractivity contribution in [2.45, 2.75) is 32.6 Å². The van der Waals surface area contributed by atoms with E-state index < -0.39 is 0 Å². The van der Waals surface area contributed by atoms with E-state index in [1.54, 1.807) is 0 Å². The highest BCUT2D eigenvalue weighted by atomic mass is 35.5. The first-order valence-corrected chi connectivity index (χ1v) is 9.66. The number of amides is 1. The normalized spacial score (nSPS) is 12.0. The maximum atomic E-state index is 12.2. The molecule has 1 atom stereocenters. The van der Waals surface area contributed by atoms with Gasteiger partial charge in [-0.3, -0.25) is 4.79 Å². The van der Waals surface area contributed by atoms with E-state index in [2.05, 4.69) is 37.4 Å². The Morgan fingerprint density at radius 2 is 1.83 bits per heavy atom. The molecule has 5 heteroatoms. The van der Waals surface area contributed by atoms with Crippen LogP contribution in [0.5, 0.6) is 0 Å². The first kappa shape index (κ1) is 19.2. The predicted octanol–water partition coefficient (Wildman–Crippen LogP) is 5.72. The van der Waals surface area contributed by atoms with Gasteiger partial charge in [0.2, 0.25) is 5.91 Å². The molecule has 0 aliphatic carbocycles. The summed E-state index contributed by atoms with van der Waals surface area (Å²) in [6, 6.07) is 11.7. The number of aryl methyl sites for hydroxylation is 2. The third kappa shape index (κ3) is 5.17. The molecule has 0 saturated carbocycles. The van der Waals surface area contributed by atoms with Gasteiger partial charge in [0.15, 0.2) is 0 Å². The van der Waals surface area contributed by atoms with Crippen LogP contribution in [0.1, 0.15) is 35.2 Å². The van der Waals surface area contributed by atoms with E-state index in [1.807, 2.05) is 25.1 Å². The lowest BCUT2D eigenvalue weighted by Crippen LogP contribution is -2.28. The second-order valence-corrected chi connectivity index (χ2v) is 7.64. The molecule has 0 fully saturated rings. The molecular weight excluding hydrogens is 361 g/mol. The van der Waals surface area contributed by atoms with Crippen LogP contribution in [-0.4, -0.2) is 11.7 Å². The summed E-state index contributed by atoms with van der Waals surface area (Å²) in [5.41, 5.74) is 4.41. The minimum absolute atomic E-state index is 0.0107. The fourth-order valence-corrected chi connectivity index (χ4v) is 4.08. The molecule has 2 aromatic carbocycles. The van der Waals surface area contributed by atoms with Crippen LogP contribution in [0.15, 0.2) is 36.4 Å². The standard InChI is InChI=1S/C19H21Cl2NOS/c1-12-7-8-13(2)15(9-12)14(3)22-19(23)11-24-10-16-17(20)5-4-6-18(16)21/h4-9,14H,10-11H2,1-3H3,(H,22,23). The first-order chi connectivity index (χ1) is 11.4. The largest absolute Gasteiger partial charge is 0.349 e. The van der Waals surface area contributed by atoms with Gasteiger partial charge in [0.25, 0.3) is 0 Å². The fraction of sp³-hybridized carbons (Fsp3) is 0.316. The molecule has 0 aromatic heterocycles. The Bertz CT molecular complexity index is 713. The number of hydrogen-bond donors (Lipinski definition) is 1. The van der Waals surface area contributed by atoms with Crippen molar-refractivity contribution in [1.29, 1.82) is 0 Å². The molecule has 0 spiro atoms. The topological polar surface area (TPSA) is 29.1 Å². The molecule has 1 unspecified atom stereocenters. The van der Waals surface area contributed by atoms with Crippen LogP contribution in [-0.2, 0) is 10.5 Å². The monoisotopic (exact) mass is 381 g/mol. The average Bonchev–Trinajstić information content (AvgIpc) is 2.52. The van der Waals surface area contributed by atoms with Crippen LogP contribution >= 0.6 is 35.0 Å². The smallest absolute Gasteiger partial charge is 0.230 e. The molecule has 0 aliphatic rings. The fourth-order valence-electron chi connectivity index (χ4n) is 2.50. The molecule has 0 heterocycles. The number of hydrogen-bond acceptors (Lipinski definition) is 2. The Morgan fingerprint density at radius 3 is 2.50 bits per heavy atom. The van der Waals surface area contributed by atoms with Gasteiger partial charge in [-0.2, -0.15) is 0 Å².